The molecule has 3 heteroatoms. The predicted octanol–water partition coefficient (Wildman–Crippen LogP) is 1.98. The summed E-state index contributed by atoms with van der Waals surface area (Å²) in [6.07, 6.45) is 2.17. The van der Waals surface area contributed by atoms with Crippen LogP contribution in [0.5, 0.6) is 11.5 Å². The molecule has 1 unspecified atom stereocenters. The van der Waals surface area contributed by atoms with Gasteiger partial charge in [-0.05, 0) is 31.0 Å². The van der Waals surface area contributed by atoms with E-state index in [2.05, 4.69) is 6.58 Å². The first-order valence-electron chi connectivity index (χ1n) is 4.45. The van der Waals surface area contributed by atoms with Gasteiger partial charge < -0.3 is 15.9 Å². The fourth-order valence-electron chi connectivity index (χ4n) is 1.44. The van der Waals surface area contributed by atoms with Crippen molar-refractivity contribution in [2.45, 2.75) is 19.4 Å². The van der Waals surface area contributed by atoms with Crippen molar-refractivity contribution in [2.24, 2.45) is 5.73 Å². The first kappa shape index (κ1) is 10.6. The van der Waals surface area contributed by atoms with Gasteiger partial charge in [0.25, 0.3) is 0 Å². The Morgan fingerprint density at radius 3 is 2.36 bits per heavy atom. The average molecular weight is 193 g/mol. The summed E-state index contributed by atoms with van der Waals surface area (Å²) in [6.45, 7) is 5.35. The Bertz CT molecular complexity index is 324. The van der Waals surface area contributed by atoms with Crippen molar-refractivity contribution in [3.63, 3.8) is 0 Å². The van der Waals surface area contributed by atoms with Crippen molar-refractivity contribution in [1.82, 2.24) is 0 Å². The Morgan fingerprint density at radius 1 is 1.43 bits per heavy atom. The molecule has 4 N–H and O–H groups in total. The van der Waals surface area contributed by atoms with Gasteiger partial charge in [-0.25, -0.2) is 0 Å². The maximum Gasteiger partial charge on any atom is 0.124 e. The van der Waals surface area contributed by atoms with Gasteiger partial charge in [0.15, 0.2) is 0 Å². The lowest BCUT2D eigenvalue weighted by atomic mass is 10.0. The molecule has 0 saturated heterocycles. The van der Waals surface area contributed by atoms with Gasteiger partial charge in [0.05, 0.1) is 5.56 Å². The molecule has 0 aliphatic carbocycles. The van der Waals surface area contributed by atoms with Crippen LogP contribution >= 0.6 is 0 Å². The number of aryl methyl sites for hydroxylation is 1. The Balaban J connectivity index is 3.13. The molecule has 1 aromatic carbocycles. The van der Waals surface area contributed by atoms with Crippen LogP contribution in [0, 0.1) is 6.92 Å². The summed E-state index contributed by atoms with van der Waals surface area (Å²) in [5.74, 6) is 0.0775. The van der Waals surface area contributed by atoms with E-state index in [0.717, 1.165) is 5.56 Å². The molecule has 14 heavy (non-hydrogen) atoms. The summed E-state index contributed by atoms with van der Waals surface area (Å²) in [7, 11) is 0. The van der Waals surface area contributed by atoms with E-state index < -0.39 is 6.04 Å². The van der Waals surface area contributed by atoms with Crippen molar-refractivity contribution in [2.75, 3.05) is 0 Å². The molecule has 0 spiro atoms. The van der Waals surface area contributed by atoms with Crippen molar-refractivity contribution in [3.05, 3.63) is 35.9 Å². The Labute approximate surface area is 83.5 Å². The number of nitrogens with two attached hydrogens (primary N) is 1. The highest BCUT2D eigenvalue weighted by atomic mass is 16.3. The minimum atomic E-state index is -0.409. The maximum atomic E-state index is 9.59. The van der Waals surface area contributed by atoms with Crippen LogP contribution in [0.3, 0.4) is 0 Å². The van der Waals surface area contributed by atoms with E-state index in [-0.39, 0.29) is 11.5 Å². The molecule has 0 bridgehead atoms. The topological polar surface area (TPSA) is 66.5 Å². The predicted molar refractivity (Wildman–Crippen MR) is 56.3 cm³/mol. The lowest BCUT2D eigenvalue weighted by molar-refractivity contribution is 0.428. The van der Waals surface area contributed by atoms with Crippen LogP contribution < -0.4 is 5.73 Å². The molecule has 1 rings (SSSR count). The van der Waals surface area contributed by atoms with E-state index in [0.29, 0.717) is 12.0 Å². The number of rotatable bonds is 3. The van der Waals surface area contributed by atoms with Crippen molar-refractivity contribution < 1.29 is 10.2 Å². The van der Waals surface area contributed by atoms with Gasteiger partial charge in [-0.15, -0.1) is 6.58 Å². The third-order valence-electron chi connectivity index (χ3n) is 2.07. The maximum absolute atomic E-state index is 9.59. The highest BCUT2D eigenvalue weighted by Crippen LogP contribution is 2.34. The number of aromatic hydroxyl groups is 2. The lowest BCUT2D eigenvalue weighted by Gasteiger charge is -2.14. The molecule has 3 nitrogen and oxygen atoms in total. The summed E-state index contributed by atoms with van der Waals surface area (Å²) in [5, 5.41) is 19.2. The largest absolute Gasteiger partial charge is 0.507 e. The zero-order chi connectivity index (χ0) is 10.7. The van der Waals surface area contributed by atoms with Crippen LogP contribution in [0.2, 0.25) is 0 Å². The van der Waals surface area contributed by atoms with E-state index in [1.807, 2.05) is 0 Å². The number of hydrogen-bond acceptors (Lipinski definition) is 3. The first-order valence-corrected chi connectivity index (χ1v) is 4.45. The summed E-state index contributed by atoms with van der Waals surface area (Å²) in [4.78, 5) is 0. The smallest absolute Gasteiger partial charge is 0.124 e. The zero-order valence-corrected chi connectivity index (χ0v) is 8.20. The van der Waals surface area contributed by atoms with E-state index in [1.54, 1.807) is 25.1 Å². The third kappa shape index (κ3) is 2.06. The number of hydrogen-bond donors (Lipinski definition) is 3. The van der Waals surface area contributed by atoms with E-state index in [9.17, 15) is 10.2 Å². The molecule has 1 aromatic rings. The van der Waals surface area contributed by atoms with E-state index in [4.69, 9.17) is 5.73 Å². The minimum absolute atomic E-state index is 0.0388. The monoisotopic (exact) mass is 193 g/mol. The fraction of sp³-hybridized carbons (Fsp3) is 0.273. The van der Waals surface area contributed by atoms with E-state index in [1.165, 1.54) is 0 Å². The Hall–Kier alpha value is -1.48. The summed E-state index contributed by atoms with van der Waals surface area (Å²) < 4.78 is 0. The minimum Gasteiger partial charge on any atom is -0.507 e. The second-order valence-electron chi connectivity index (χ2n) is 3.35. The summed E-state index contributed by atoms with van der Waals surface area (Å²) >= 11 is 0. The van der Waals surface area contributed by atoms with Gasteiger partial charge in [0.2, 0.25) is 0 Å². The van der Waals surface area contributed by atoms with Crippen LogP contribution in [0.15, 0.2) is 24.8 Å². The summed E-state index contributed by atoms with van der Waals surface area (Å²) in [6, 6.07) is 2.75. The van der Waals surface area contributed by atoms with Crippen LogP contribution in [0.4, 0.5) is 0 Å². The molecular formula is C11H15NO2. The van der Waals surface area contributed by atoms with Crippen LogP contribution in [-0.4, -0.2) is 10.2 Å². The molecule has 0 radical (unpaired) electrons. The number of phenolic OH excluding ortho intramolecular Hbond substituents is 2. The Kier molecular flexibility index (Phi) is 3.14. The molecular weight excluding hydrogens is 178 g/mol. The van der Waals surface area contributed by atoms with Crippen LogP contribution in [0.25, 0.3) is 0 Å². The number of benzene rings is 1. The van der Waals surface area contributed by atoms with Gasteiger partial charge in [0, 0.05) is 6.04 Å². The normalized spacial score (nSPS) is 12.4. The number of phenols is 2. The molecule has 0 aromatic heterocycles. The molecule has 0 amide bonds. The second kappa shape index (κ2) is 4.15. The second-order valence-corrected chi connectivity index (χ2v) is 3.35. The molecule has 0 saturated carbocycles. The lowest BCUT2D eigenvalue weighted by Crippen LogP contribution is -2.09. The first-order chi connectivity index (χ1) is 6.56. The van der Waals surface area contributed by atoms with E-state index >= 15 is 0 Å². The van der Waals surface area contributed by atoms with Crippen molar-refractivity contribution in [3.8, 4) is 11.5 Å². The standard InChI is InChI=1S/C11H15NO2/c1-3-4-8(12)11-9(13)5-7(2)6-10(11)14/h3,5-6,8,13-14H,1,4,12H2,2H3. The van der Waals surface area contributed by atoms with Gasteiger partial charge in [0.1, 0.15) is 11.5 Å². The van der Waals surface area contributed by atoms with Crippen molar-refractivity contribution >= 4 is 0 Å². The molecule has 0 aliphatic rings. The molecule has 0 heterocycles. The van der Waals surface area contributed by atoms with Gasteiger partial charge in [-0.3, -0.25) is 0 Å². The molecule has 0 fully saturated rings. The summed E-state index contributed by atoms with van der Waals surface area (Å²) in [5.41, 5.74) is 6.95. The molecule has 0 aliphatic heterocycles. The Morgan fingerprint density at radius 2 is 1.93 bits per heavy atom. The van der Waals surface area contributed by atoms with Crippen LogP contribution in [-0.2, 0) is 0 Å². The quantitative estimate of drug-likeness (QED) is 0.643. The zero-order valence-electron chi connectivity index (χ0n) is 8.20. The highest BCUT2D eigenvalue weighted by Gasteiger charge is 2.14. The van der Waals surface area contributed by atoms with Crippen molar-refractivity contribution in [1.29, 1.82) is 0 Å². The highest BCUT2D eigenvalue weighted by molar-refractivity contribution is 5.48. The van der Waals surface area contributed by atoms with Crippen LogP contribution in [0.1, 0.15) is 23.6 Å². The average Bonchev–Trinajstić information content (AvgIpc) is 2.01. The fourth-order valence-corrected chi connectivity index (χ4v) is 1.44. The van der Waals surface area contributed by atoms with Gasteiger partial charge in [-0.2, -0.15) is 0 Å². The SMILES string of the molecule is C=CCC(N)c1c(O)cc(C)cc1O. The molecule has 76 valence electrons. The third-order valence-corrected chi connectivity index (χ3v) is 2.07. The van der Waals surface area contributed by atoms with Gasteiger partial charge >= 0.3 is 0 Å². The molecule has 1 atom stereocenters. The van der Waals surface area contributed by atoms with Gasteiger partial charge in [-0.1, -0.05) is 6.08 Å².